The smallest absolute Gasteiger partial charge is 0.238 e. The first-order valence-electron chi connectivity index (χ1n) is 3.60. The van der Waals surface area contributed by atoms with Crippen LogP contribution in [0.1, 0.15) is 12.8 Å². The molecule has 0 heterocycles. The maximum atomic E-state index is 10.6. The molecule has 1 aliphatic carbocycles. The summed E-state index contributed by atoms with van der Waals surface area (Å²) in [6, 6.07) is -0.597. The summed E-state index contributed by atoms with van der Waals surface area (Å²) < 4.78 is 0. The number of primary amides is 1. The molecule has 1 aliphatic rings. The number of amides is 1. The lowest BCUT2D eigenvalue weighted by Crippen LogP contribution is -2.38. The summed E-state index contributed by atoms with van der Waals surface area (Å²) in [5.74, 6) is -0.452. The second-order valence-electron chi connectivity index (χ2n) is 2.57. The van der Waals surface area contributed by atoms with E-state index in [0.717, 1.165) is 18.4 Å². The Morgan fingerprint density at radius 2 is 2.27 bits per heavy atom. The zero-order valence-electron chi connectivity index (χ0n) is 6.29. The average molecular weight is 152 g/mol. The third-order valence-electron chi connectivity index (χ3n) is 1.74. The molecule has 0 aromatic rings. The Morgan fingerprint density at radius 1 is 1.55 bits per heavy atom. The number of nitrogens with two attached hydrogens (primary N) is 2. The third kappa shape index (κ3) is 1.91. The standard InChI is InChI=1S/C8H12N2O/c9-7(8(10)11)6-4-2-1-3-5-6/h1-2,5,7H,3-4,9H2,(H2,10,11). The highest BCUT2D eigenvalue weighted by atomic mass is 16.1. The first-order valence-corrected chi connectivity index (χ1v) is 3.60. The van der Waals surface area contributed by atoms with Crippen LogP contribution in [0.3, 0.4) is 0 Å². The lowest BCUT2D eigenvalue weighted by atomic mass is 9.99. The molecule has 0 aromatic heterocycles. The molecule has 0 radical (unpaired) electrons. The van der Waals surface area contributed by atoms with Crippen molar-refractivity contribution in [2.45, 2.75) is 18.9 Å². The van der Waals surface area contributed by atoms with Crippen molar-refractivity contribution in [3.8, 4) is 0 Å². The van der Waals surface area contributed by atoms with Gasteiger partial charge in [0.2, 0.25) is 5.91 Å². The molecule has 4 N–H and O–H groups in total. The van der Waals surface area contributed by atoms with Crippen molar-refractivity contribution in [3.05, 3.63) is 23.8 Å². The van der Waals surface area contributed by atoms with E-state index in [4.69, 9.17) is 11.5 Å². The molecule has 3 nitrogen and oxygen atoms in total. The molecule has 0 fully saturated rings. The molecule has 0 saturated carbocycles. The van der Waals surface area contributed by atoms with Crippen LogP contribution < -0.4 is 11.5 Å². The average Bonchev–Trinajstić information content (AvgIpc) is 2.05. The SMILES string of the molecule is NC(=O)C(N)C1=CCC=CC1. The summed E-state index contributed by atoms with van der Waals surface area (Å²) in [5, 5.41) is 0. The number of rotatable bonds is 2. The largest absolute Gasteiger partial charge is 0.368 e. The fourth-order valence-corrected chi connectivity index (χ4v) is 1.06. The van der Waals surface area contributed by atoms with Gasteiger partial charge < -0.3 is 11.5 Å². The quantitative estimate of drug-likeness (QED) is 0.550. The molecule has 1 rings (SSSR count). The van der Waals surface area contributed by atoms with Crippen LogP contribution in [0.5, 0.6) is 0 Å². The van der Waals surface area contributed by atoms with Gasteiger partial charge in [-0.2, -0.15) is 0 Å². The Hall–Kier alpha value is -1.09. The van der Waals surface area contributed by atoms with Crippen molar-refractivity contribution in [2.24, 2.45) is 11.5 Å². The van der Waals surface area contributed by atoms with E-state index in [2.05, 4.69) is 0 Å². The highest BCUT2D eigenvalue weighted by molar-refractivity contribution is 5.83. The molecule has 3 heteroatoms. The van der Waals surface area contributed by atoms with E-state index in [0.29, 0.717) is 0 Å². The van der Waals surface area contributed by atoms with E-state index in [1.807, 2.05) is 18.2 Å². The molecule has 1 atom stereocenters. The number of carbonyl (C=O) groups is 1. The maximum absolute atomic E-state index is 10.6. The van der Waals surface area contributed by atoms with Gasteiger partial charge in [-0.1, -0.05) is 18.2 Å². The Labute approximate surface area is 65.8 Å². The van der Waals surface area contributed by atoms with Crippen LogP contribution >= 0.6 is 0 Å². The first-order chi connectivity index (χ1) is 5.22. The highest BCUT2D eigenvalue weighted by Crippen LogP contribution is 2.12. The molecule has 0 spiro atoms. The van der Waals surface area contributed by atoms with E-state index in [-0.39, 0.29) is 0 Å². The van der Waals surface area contributed by atoms with Gasteiger partial charge in [-0.05, 0) is 18.4 Å². The minimum atomic E-state index is -0.597. The van der Waals surface area contributed by atoms with Gasteiger partial charge in [-0.25, -0.2) is 0 Å². The van der Waals surface area contributed by atoms with Gasteiger partial charge in [0, 0.05) is 0 Å². The summed E-state index contributed by atoms with van der Waals surface area (Å²) in [6.45, 7) is 0. The van der Waals surface area contributed by atoms with Crippen molar-refractivity contribution in [1.29, 1.82) is 0 Å². The van der Waals surface area contributed by atoms with Crippen molar-refractivity contribution in [1.82, 2.24) is 0 Å². The minimum Gasteiger partial charge on any atom is -0.368 e. The molecule has 1 unspecified atom stereocenters. The fraction of sp³-hybridized carbons (Fsp3) is 0.375. The Balaban J connectivity index is 2.60. The van der Waals surface area contributed by atoms with Gasteiger partial charge in [-0.15, -0.1) is 0 Å². The summed E-state index contributed by atoms with van der Waals surface area (Å²) in [6.07, 6.45) is 7.60. The molecule has 60 valence electrons. The van der Waals surface area contributed by atoms with E-state index >= 15 is 0 Å². The molecule has 0 saturated heterocycles. The summed E-state index contributed by atoms with van der Waals surface area (Å²) in [4.78, 5) is 10.6. The summed E-state index contributed by atoms with van der Waals surface area (Å²) in [5.41, 5.74) is 11.5. The Kier molecular flexibility index (Phi) is 2.44. The molecule has 0 aliphatic heterocycles. The van der Waals surface area contributed by atoms with E-state index < -0.39 is 11.9 Å². The van der Waals surface area contributed by atoms with Crippen molar-refractivity contribution < 1.29 is 4.79 Å². The van der Waals surface area contributed by atoms with Gasteiger partial charge >= 0.3 is 0 Å². The number of hydrogen-bond donors (Lipinski definition) is 2. The van der Waals surface area contributed by atoms with Crippen molar-refractivity contribution in [3.63, 3.8) is 0 Å². The highest BCUT2D eigenvalue weighted by Gasteiger charge is 2.14. The Morgan fingerprint density at radius 3 is 2.73 bits per heavy atom. The van der Waals surface area contributed by atoms with Gasteiger partial charge in [0.15, 0.2) is 0 Å². The van der Waals surface area contributed by atoms with Crippen LogP contribution in [-0.4, -0.2) is 11.9 Å². The molecular weight excluding hydrogens is 140 g/mol. The van der Waals surface area contributed by atoms with Gasteiger partial charge in [0.05, 0.1) is 0 Å². The molecular formula is C8H12N2O. The van der Waals surface area contributed by atoms with Crippen LogP contribution in [0, 0.1) is 0 Å². The van der Waals surface area contributed by atoms with Crippen LogP contribution in [-0.2, 0) is 4.79 Å². The van der Waals surface area contributed by atoms with Crippen LogP contribution in [0.2, 0.25) is 0 Å². The lowest BCUT2D eigenvalue weighted by molar-refractivity contribution is -0.118. The topological polar surface area (TPSA) is 69.1 Å². The maximum Gasteiger partial charge on any atom is 0.238 e. The Bertz CT molecular complexity index is 218. The second-order valence-corrected chi connectivity index (χ2v) is 2.57. The van der Waals surface area contributed by atoms with E-state index in [9.17, 15) is 4.79 Å². The fourth-order valence-electron chi connectivity index (χ4n) is 1.06. The summed E-state index contributed by atoms with van der Waals surface area (Å²) >= 11 is 0. The van der Waals surface area contributed by atoms with E-state index in [1.54, 1.807) is 0 Å². The lowest BCUT2D eigenvalue weighted by Gasteiger charge is -2.12. The minimum absolute atomic E-state index is 0.452. The van der Waals surface area contributed by atoms with Crippen LogP contribution in [0.25, 0.3) is 0 Å². The van der Waals surface area contributed by atoms with Crippen LogP contribution in [0.4, 0.5) is 0 Å². The zero-order valence-corrected chi connectivity index (χ0v) is 6.29. The number of hydrogen-bond acceptors (Lipinski definition) is 2. The molecule has 1 amide bonds. The predicted octanol–water partition coefficient (Wildman–Crippen LogP) is 0.0754. The van der Waals surface area contributed by atoms with Gasteiger partial charge in [0.25, 0.3) is 0 Å². The third-order valence-corrected chi connectivity index (χ3v) is 1.74. The second kappa shape index (κ2) is 3.34. The van der Waals surface area contributed by atoms with Gasteiger partial charge in [0.1, 0.15) is 6.04 Å². The number of carbonyl (C=O) groups excluding carboxylic acids is 1. The number of allylic oxidation sites excluding steroid dienone is 3. The monoisotopic (exact) mass is 152 g/mol. The van der Waals surface area contributed by atoms with Crippen molar-refractivity contribution in [2.75, 3.05) is 0 Å². The molecule has 11 heavy (non-hydrogen) atoms. The first kappa shape index (κ1) is 8.01. The summed E-state index contributed by atoms with van der Waals surface area (Å²) in [7, 11) is 0. The normalized spacial score (nSPS) is 19.2. The zero-order chi connectivity index (χ0) is 8.27. The predicted molar refractivity (Wildman–Crippen MR) is 43.6 cm³/mol. The van der Waals surface area contributed by atoms with Crippen molar-refractivity contribution >= 4 is 5.91 Å². The van der Waals surface area contributed by atoms with Crippen LogP contribution in [0.15, 0.2) is 23.8 Å². The molecule has 0 aromatic carbocycles. The molecule has 0 bridgehead atoms. The van der Waals surface area contributed by atoms with E-state index in [1.165, 1.54) is 0 Å². The van der Waals surface area contributed by atoms with Gasteiger partial charge in [-0.3, -0.25) is 4.79 Å².